The number of benzene rings is 1. The Balaban J connectivity index is 0.000000604. The van der Waals surface area contributed by atoms with Crippen LogP contribution in [-0.4, -0.2) is 67.8 Å². The molecule has 2 heterocycles. The second-order valence-electron chi connectivity index (χ2n) is 7.66. The van der Waals surface area contributed by atoms with E-state index in [0.29, 0.717) is 12.8 Å². The first kappa shape index (κ1) is 26.9. The summed E-state index contributed by atoms with van der Waals surface area (Å²) in [6.07, 6.45) is -2.37. The number of nitrogen functional groups attached to an aromatic ring is 1. The Morgan fingerprint density at radius 2 is 1.88 bits per heavy atom. The standard InChI is InChI=1S/C18H22N4O6.C4H8O2/c19-11(8-10-4-2-1-3-5-10)17(25)27-9-12-14(23)15(24)16(28-12)22-7-6-13(20)21-18(22)26;1-2-3-4(5)6/h1-7,11-12,14-16,23-24H,8-9,19H2,(H2,20,21,26);2-3H2,1H3,(H,5,6)/t11-,12-,14-,15+,16-;/m1./s1. The van der Waals surface area contributed by atoms with Gasteiger partial charge in [0.1, 0.15) is 36.8 Å². The van der Waals surface area contributed by atoms with E-state index in [2.05, 4.69) is 4.98 Å². The van der Waals surface area contributed by atoms with Gasteiger partial charge in [-0.1, -0.05) is 37.3 Å². The monoisotopic (exact) mass is 478 g/mol. The van der Waals surface area contributed by atoms with Crippen LogP contribution in [0.15, 0.2) is 47.4 Å². The van der Waals surface area contributed by atoms with Crippen molar-refractivity contribution in [2.24, 2.45) is 5.73 Å². The molecule has 0 radical (unpaired) electrons. The summed E-state index contributed by atoms with van der Waals surface area (Å²) in [4.78, 5) is 37.2. The average molecular weight is 479 g/mol. The molecule has 1 fully saturated rings. The van der Waals surface area contributed by atoms with Crippen LogP contribution in [0.25, 0.3) is 0 Å². The molecule has 1 aliphatic rings. The number of nitrogens with two attached hydrogens (primary N) is 2. The number of anilines is 1. The fourth-order valence-electron chi connectivity index (χ4n) is 3.15. The van der Waals surface area contributed by atoms with Gasteiger partial charge < -0.3 is 36.3 Å². The number of aromatic nitrogens is 2. The third-order valence-corrected chi connectivity index (χ3v) is 4.92. The summed E-state index contributed by atoms with van der Waals surface area (Å²) in [6.45, 7) is 1.52. The highest BCUT2D eigenvalue weighted by molar-refractivity contribution is 5.75. The number of ether oxygens (including phenoxy) is 2. The summed E-state index contributed by atoms with van der Waals surface area (Å²) in [5, 5.41) is 28.3. The number of rotatable bonds is 8. The quantitative estimate of drug-likeness (QED) is 0.304. The maximum atomic E-state index is 12.1. The molecule has 3 rings (SSSR count). The highest BCUT2D eigenvalue weighted by Crippen LogP contribution is 2.28. The fourth-order valence-corrected chi connectivity index (χ4v) is 3.15. The summed E-state index contributed by atoms with van der Waals surface area (Å²) >= 11 is 0. The first-order chi connectivity index (χ1) is 16.1. The van der Waals surface area contributed by atoms with Crippen LogP contribution in [-0.2, 0) is 25.5 Å². The Morgan fingerprint density at radius 1 is 1.21 bits per heavy atom. The van der Waals surface area contributed by atoms with Crippen molar-refractivity contribution >= 4 is 17.8 Å². The molecule has 1 aromatic carbocycles. The van der Waals surface area contributed by atoms with Gasteiger partial charge in [-0.15, -0.1) is 0 Å². The minimum atomic E-state index is -1.41. The summed E-state index contributed by atoms with van der Waals surface area (Å²) in [5.74, 6) is -1.35. The van der Waals surface area contributed by atoms with Gasteiger partial charge >= 0.3 is 17.6 Å². The van der Waals surface area contributed by atoms with Gasteiger partial charge in [0.05, 0.1) is 0 Å². The van der Waals surface area contributed by atoms with E-state index in [1.54, 1.807) is 0 Å². The predicted molar refractivity (Wildman–Crippen MR) is 120 cm³/mol. The van der Waals surface area contributed by atoms with Gasteiger partial charge in [-0.3, -0.25) is 14.2 Å². The third-order valence-electron chi connectivity index (χ3n) is 4.92. The van der Waals surface area contributed by atoms with Crippen molar-refractivity contribution in [3.8, 4) is 0 Å². The SMILES string of the molecule is CCCC(=O)O.Nc1ccn([C@@H]2O[C@H](COC(=O)[C@H](N)Cc3ccccc3)[C@@H](O)[C@@H]2O)c(=O)n1. The van der Waals surface area contributed by atoms with Crippen molar-refractivity contribution in [1.29, 1.82) is 0 Å². The lowest BCUT2D eigenvalue weighted by Crippen LogP contribution is -2.39. The van der Waals surface area contributed by atoms with Crippen molar-refractivity contribution in [2.75, 3.05) is 12.3 Å². The summed E-state index contributed by atoms with van der Waals surface area (Å²) in [6, 6.07) is 9.70. The van der Waals surface area contributed by atoms with Gasteiger partial charge in [-0.05, 0) is 24.5 Å². The van der Waals surface area contributed by atoms with Crippen molar-refractivity contribution in [3.63, 3.8) is 0 Å². The van der Waals surface area contributed by atoms with Crippen LogP contribution in [0, 0.1) is 0 Å². The Bertz CT molecular complexity index is 1000. The Hall–Kier alpha value is -3.32. The number of esters is 1. The molecule has 0 aliphatic carbocycles. The first-order valence-electron chi connectivity index (χ1n) is 10.7. The van der Waals surface area contributed by atoms with Crippen LogP contribution in [0.2, 0.25) is 0 Å². The molecule has 5 atom stereocenters. The van der Waals surface area contributed by atoms with Gasteiger partial charge in [0, 0.05) is 12.6 Å². The van der Waals surface area contributed by atoms with Crippen molar-refractivity contribution in [1.82, 2.24) is 9.55 Å². The van der Waals surface area contributed by atoms with Gasteiger partial charge in [-0.2, -0.15) is 4.98 Å². The Morgan fingerprint density at radius 3 is 2.44 bits per heavy atom. The zero-order chi connectivity index (χ0) is 25.3. The number of hydrogen-bond donors (Lipinski definition) is 5. The smallest absolute Gasteiger partial charge is 0.351 e. The molecule has 0 spiro atoms. The number of aliphatic hydroxyl groups excluding tert-OH is 2. The molecule has 12 nitrogen and oxygen atoms in total. The number of carboxylic acid groups (broad SMARTS) is 1. The largest absolute Gasteiger partial charge is 0.481 e. The number of carbonyl (C=O) groups excluding carboxylic acids is 1. The van der Waals surface area contributed by atoms with E-state index in [1.807, 2.05) is 37.3 Å². The van der Waals surface area contributed by atoms with Gasteiger partial charge in [0.25, 0.3) is 0 Å². The van der Waals surface area contributed by atoms with Crippen LogP contribution in [0.5, 0.6) is 0 Å². The lowest BCUT2D eigenvalue weighted by atomic mass is 10.1. The molecule has 12 heteroatoms. The fraction of sp³-hybridized carbons (Fsp3) is 0.455. The molecule has 1 aliphatic heterocycles. The zero-order valence-corrected chi connectivity index (χ0v) is 18.7. The maximum Gasteiger partial charge on any atom is 0.351 e. The molecule has 1 aromatic heterocycles. The number of aliphatic hydroxyl groups is 2. The second-order valence-corrected chi connectivity index (χ2v) is 7.66. The van der Waals surface area contributed by atoms with Crippen molar-refractivity contribution in [2.45, 2.75) is 56.8 Å². The number of carboxylic acids is 1. The Kier molecular flexibility index (Phi) is 10.1. The third kappa shape index (κ3) is 7.63. The molecule has 1 saturated heterocycles. The molecule has 2 aromatic rings. The maximum absolute atomic E-state index is 12.1. The van der Waals surface area contributed by atoms with Crippen LogP contribution >= 0.6 is 0 Å². The number of aliphatic carboxylic acids is 1. The number of nitrogens with zero attached hydrogens (tertiary/aromatic N) is 2. The minimum Gasteiger partial charge on any atom is -0.481 e. The number of carbonyl (C=O) groups is 2. The molecule has 7 N–H and O–H groups in total. The Labute approximate surface area is 195 Å². The molecule has 0 saturated carbocycles. The van der Waals surface area contributed by atoms with Crippen LogP contribution in [0.3, 0.4) is 0 Å². The molecule has 0 unspecified atom stereocenters. The van der Waals surface area contributed by atoms with E-state index < -0.39 is 48.2 Å². The minimum absolute atomic E-state index is 0.0205. The predicted octanol–water partition coefficient (Wildman–Crippen LogP) is -0.571. The molecule has 34 heavy (non-hydrogen) atoms. The molecule has 186 valence electrons. The molecule has 0 bridgehead atoms. The topological polar surface area (TPSA) is 200 Å². The van der Waals surface area contributed by atoms with E-state index in [0.717, 1.165) is 16.6 Å². The lowest BCUT2D eigenvalue weighted by molar-refractivity contribution is -0.151. The second kappa shape index (κ2) is 12.8. The van der Waals surface area contributed by atoms with Crippen molar-refractivity contribution < 1.29 is 34.4 Å². The van der Waals surface area contributed by atoms with E-state index in [9.17, 15) is 24.6 Å². The van der Waals surface area contributed by atoms with E-state index in [4.69, 9.17) is 26.0 Å². The van der Waals surface area contributed by atoms with E-state index in [-0.39, 0.29) is 12.4 Å². The first-order valence-corrected chi connectivity index (χ1v) is 10.7. The normalized spacial score (nSPS) is 22.4. The molecule has 0 amide bonds. The highest BCUT2D eigenvalue weighted by atomic mass is 16.6. The molecular formula is C22H30N4O8. The average Bonchev–Trinajstić information content (AvgIpc) is 3.07. The van der Waals surface area contributed by atoms with Gasteiger partial charge in [-0.25, -0.2) is 4.79 Å². The van der Waals surface area contributed by atoms with Crippen LogP contribution in [0.1, 0.15) is 31.6 Å². The summed E-state index contributed by atoms with van der Waals surface area (Å²) in [7, 11) is 0. The van der Waals surface area contributed by atoms with Crippen LogP contribution < -0.4 is 17.2 Å². The van der Waals surface area contributed by atoms with Crippen LogP contribution in [0.4, 0.5) is 5.82 Å². The lowest BCUT2D eigenvalue weighted by Gasteiger charge is -2.17. The van der Waals surface area contributed by atoms with Crippen molar-refractivity contribution in [3.05, 3.63) is 58.6 Å². The molecular weight excluding hydrogens is 448 g/mol. The van der Waals surface area contributed by atoms with E-state index in [1.165, 1.54) is 12.3 Å². The zero-order valence-electron chi connectivity index (χ0n) is 18.7. The summed E-state index contributed by atoms with van der Waals surface area (Å²) < 4.78 is 11.6. The van der Waals surface area contributed by atoms with Gasteiger partial charge in [0.2, 0.25) is 0 Å². The highest BCUT2D eigenvalue weighted by Gasteiger charge is 2.44. The summed E-state index contributed by atoms with van der Waals surface area (Å²) in [5.41, 5.74) is 11.4. The van der Waals surface area contributed by atoms with E-state index >= 15 is 0 Å². The van der Waals surface area contributed by atoms with Gasteiger partial charge in [0.15, 0.2) is 6.23 Å². The number of hydrogen-bond acceptors (Lipinski definition) is 10.